The number of alkyl halides is 3. The van der Waals surface area contributed by atoms with Gasteiger partial charge in [-0.3, -0.25) is 4.90 Å². The van der Waals surface area contributed by atoms with Gasteiger partial charge in [0.15, 0.2) is 0 Å². The first kappa shape index (κ1) is 13.0. The first-order chi connectivity index (χ1) is 5.41. The molecule has 0 aliphatic carbocycles. The number of hydrogen-bond donors (Lipinski definition) is 1. The molecule has 0 amide bonds. The highest BCUT2D eigenvalue weighted by Crippen LogP contribution is 2.30. The molecule has 0 aromatic heterocycles. The van der Waals surface area contributed by atoms with Gasteiger partial charge >= 0.3 is 6.18 Å². The van der Waals surface area contributed by atoms with Gasteiger partial charge in [0.05, 0.1) is 6.10 Å². The number of aliphatic hydroxyl groups is 1. The Hall–Kier alpha value is -0.0000000000000000555. The van der Waals surface area contributed by atoms with E-state index in [1.807, 2.05) is 0 Å². The highest BCUT2D eigenvalue weighted by Gasteiger charge is 2.44. The van der Waals surface area contributed by atoms with Crippen LogP contribution in [0.4, 0.5) is 13.2 Å². The summed E-state index contributed by atoms with van der Waals surface area (Å²) >= 11 is 0. The largest absolute Gasteiger partial charge is 0.404 e. The zero-order chi connectivity index (χ0) is 9.35. The van der Waals surface area contributed by atoms with Gasteiger partial charge in [0.1, 0.15) is 6.04 Å². The fourth-order valence-electron chi connectivity index (χ4n) is 1.45. The van der Waals surface area contributed by atoms with Crippen molar-refractivity contribution in [2.24, 2.45) is 0 Å². The Morgan fingerprint density at radius 2 is 1.92 bits per heavy atom. The van der Waals surface area contributed by atoms with Crippen LogP contribution in [-0.2, 0) is 0 Å². The molecule has 1 fully saturated rings. The zero-order valence-electron chi connectivity index (χ0n) is 7.21. The van der Waals surface area contributed by atoms with Gasteiger partial charge in [-0.15, -0.1) is 12.4 Å². The van der Waals surface area contributed by atoms with Crippen LogP contribution in [0.2, 0.25) is 0 Å². The average molecular weight is 220 g/mol. The summed E-state index contributed by atoms with van der Waals surface area (Å²) in [6.07, 6.45) is -4.77. The smallest absolute Gasteiger partial charge is 0.393 e. The van der Waals surface area contributed by atoms with Crippen LogP contribution < -0.4 is 0 Å². The molecule has 2 nitrogen and oxygen atoms in total. The van der Waals surface area contributed by atoms with E-state index in [9.17, 15) is 13.2 Å². The van der Waals surface area contributed by atoms with Gasteiger partial charge in [-0.05, 0) is 19.9 Å². The molecule has 0 aromatic carbocycles. The van der Waals surface area contributed by atoms with E-state index in [1.54, 1.807) is 0 Å². The molecule has 80 valence electrons. The molecule has 2 unspecified atom stereocenters. The van der Waals surface area contributed by atoms with E-state index in [2.05, 4.69) is 0 Å². The van der Waals surface area contributed by atoms with E-state index in [4.69, 9.17) is 5.11 Å². The molecule has 1 aliphatic rings. The van der Waals surface area contributed by atoms with Crippen LogP contribution in [0.15, 0.2) is 0 Å². The number of rotatable bonds is 0. The Kier molecular flexibility index (Phi) is 4.48. The van der Waals surface area contributed by atoms with Gasteiger partial charge in [0.25, 0.3) is 0 Å². The van der Waals surface area contributed by atoms with Crippen LogP contribution in [0.3, 0.4) is 0 Å². The lowest BCUT2D eigenvalue weighted by Crippen LogP contribution is -2.50. The number of nitrogens with zero attached hydrogens (tertiary/aromatic N) is 1. The summed E-state index contributed by atoms with van der Waals surface area (Å²) in [6, 6.07) is -1.47. The van der Waals surface area contributed by atoms with E-state index in [1.165, 1.54) is 11.9 Å². The third-order valence-corrected chi connectivity index (χ3v) is 2.22. The fourth-order valence-corrected chi connectivity index (χ4v) is 1.45. The summed E-state index contributed by atoms with van der Waals surface area (Å²) in [6.45, 7) is 0.311. The van der Waals surface area contributed by atoms with Gasteiger partial charge in [0, 0.05) is 6.54 Å². The maximum atomic E-state index is 12.2. The van der Waals surface area contributed by atoms with Crippen molar-refractivity contribution in [1.29, 1.82) is 0 Å². The van der Waals surface area contributed by atoms with Crippen LogP contribution in [0, 0.1) is 0 Å². The number of piperidine rings is 1. The molecule has 1 heterocycles. The number of likely N-dealkylation sites (tertiary alicyclic amines) is 1. The molecule has 13 heavy (non-hydrogen) atoms. The van der Waals surface area contributed by atoms with Crippen molar-refractivity contribution in [2.45, 2.75) is 31.2 Å². The van der Waals surface area contributed by atoms with Gasteiger partial charge in [-0.2, -0.15) is 13.2 Å². The summed E-state index contributed by atoms with van der Waals surface area (Å²) < 4.78 is 36.6. The first-order valence-corrected chi connectivity index (χ1v) is 3.86. The molecule has 0 bridgehead atoms. The van der Waals surface area contributed by atoms with E-state index in [0.29, 0.717) is 13.0 Å². The van der Waals surface area contributed by atoms with E-state index in [0.717, 1.165) is 0 Å². The molecule has 1 N–H and O–H groups in total. The summed E-state index contributed by atoms with van der Waals surface area (Å²) in [4.78, 5) is 1.24. The SMILES string of the molecule is CN1CCC(O)CC1C(F)(F)F.Cl. The predicted octanol–water partition coefficient (Wildman–Crippen LogP) is 1.43. The fraction of sp³-hybridized carbons (Fsp3) is 1.00. The molecular weight excluding hydrogens is 207 g/mol. The summed E-state index contributed by atoms with van der Waals surface area (Å²) in [5, 5.41) is 9.03. The van der Waals surface area contributed by atoms with Crippen molar-refractivity contribution in [1.82, 2.24) is 4.90 Å². The molecule has 0 aromatic rings. The van der Waals surface area contributed by atoms with Crippen molar-refractivity contribution in [2.75, 3.05) is 13.6 Å². The second-order valence-electron chi connectivity index (χ2n) is 3.22. The van der Waals surface area contributed by atoms with Crippen molar-refractivity contribution < 1.29 is 18.3 Å². The number of halogens is 4. The Morgan fingerprint density at radius 3 is 2.31 bits per heavy atom. The lowest BCUT2D eigenvalue weighted by molar-refractivity contribution is -0.195. The van der Waals surface area contributed by atoms with Crippen LogP contribution in [0.1, 0.15) is 12.8 Å². The summed E-state index contributed by atoms with van der Waals surface area (Å²) in [5.41, 5.74) is 0. The molecular formula is C7H13ClF3NO. The molecule has 2 atom stereocenters. The zero-order valence-corrected chi connectivity index (χ0v) is 8.03. The second kappa shape index (κ2) is 4.48. The standard InChI is InChI=1S/C7H12F3NO.ClH/c1-11-3-2-5(12)4-6(11)7(8,9)10;/h5-6,12H,2-4H2,1H3;1H. The van der Waals surface area contributed by atoms with Gasteiger partial charge in [0.2, 0.25) is 0 Å². The minimum atomic E-state index is -4.21. The molecule has 1 rings (SSSR count). The van der Waals surface area contributed by atoms with Crippen molar-refractivity contribution in [3.8, 4) is 0 Å². The maximum Gasteiger partial charge on any atom is 0.404 e. The lowest BCUT2D eigenvalue weighted by Gasteiger charge is -2.36. The second-order valence-corrected chi connectivity index (χ2v) is 3.22. The van der Waals surface area contributed by atoms with Crippen molar-refractivity contribution >= 4 is 12.4 Å². The quantitative estimate of drug-likeness (QED) is 0.666. The monoisotopic (exact) mass is 219 g/mol. The molecule has 6 heteroatoms. The van der Waals surface area contributed by atoms with Crippen LogP contribution in [0.25, 0.3) is 0 Å². The topological polar surface area (TPSA) is 23.5 Å². The van der Waals surface area contributed by atoms with Crippen LogP contribution in [0.5, 0.6) is 0 Å². The van der Waals surface area contributed by atoms with Crippen LogP contribution >= 0.6 is 12.4 Å². The number of aliphatic hydroxyl groups excluding tert-OH is 1. The molecule has 0 spiro atoms. The number of hydrogen-bond acceptors (Lipinski definition) is 2. The molecule has 0 saturated carbocycles. The Balaban J connectivity index is 0.00000144. The van der Waals surface area contributed by atoms with Gasteiger partial charge in [-0.25, -0.2) is 0 Å². The van der Waals surface area contributed by atoms with Crippen LogP contribution in [-0.4, -0.2) is 41.9 Å². The Labute approximate surface area is 81.1 Å². The third kappa shape index (κ3) is 3.32. The summed E-state index contributed by atoms with van der Waals surface area (Å²) in [7, 11) is 1.43. The average Bonchev–Trinajstić information content (AvgIpc) is 1.92. The molecule has 0 radical (unpaired) electrons. The highest BCUT2D eigenvalue weighted by molar-refractivity contribution is 5.85. The Bertz CT molecular complexity index is 164. The van der Waals surface area contributed by atoms with Crippen molar-refractivity contribution in [3.63, 3.8) is 0 Å². The predicted molar refractivity (Wildman–Crippen MR) is 45.0 cm³/mol. The summed E-state index contributed by atoms with van der Waals surface area (Å²) in [5.74, 6) is 0. The van der Waals surface area contributed by atoms with E-state index >= 15 is 0 Å². The minimum absolute atomic E-state index is 0. The van der Waals surface area contributed by atoms with E-state index < -0.39 is 18.3 Å². The van der Waals surface area contributed by atoms with E-state index in [-0.39, 0.29) is 18.8 Å². The highest BCUT2D eigenvalue weighted by atomic mass is 35.5. The molecule has 1 saturated heterocycles. The van der Waals surface area contributed by atoms with Crippen molar-refractivity contribution in [3.05, 3.63) is 0 Å². The minimum Gasteiger partial charge on any atom is -0.393 e. The lowest BCUT2D eigenvalue weighted by atomic mass is 10.00. The molecule has 1 aliphatic heterocycles. The van der Waals surface area contributed by atoms with Gasteiger partial charge < -0.3 is 5.11 Å². The normalized spacial score (nSPS) is 31.2. The first-order valence-electron chi connectivity index (χ1n) is 3.86. The Morgan fingerprint density at radius 1 is 1.38 bits per heavy atom. The maximum absolute atomic E-state index is 12.2. The third-order valence-electron chi connectivity index (χ3n) is 2.22. The van der Waals surface area contributed by atoms with Gasteiger partial charge in [-0.1, -0.05) is 0 Å².